The lowest BCUT2D eigenvalue weighted by Crippen LogP contribution is -2.33. The Bertz CT molecular complexity index is 985. The molecule has 1 amide bonds. The fourth-order valence-electron chi connectivity index (χ4n) is 2.75. The van der Waals surface area contributed by atoms with Crippen LogP contribution in [-0.4, -0.2) is 27.9 Å². The van der Waals surface area contributed by atoms with E-state index >= 15 is 0 Å². The molecule has 4 rings (SSSR count). The van der Waals surface area contributed by atoms with Gasteiger partial charge in [-0.2, -0.15) is 0 Å². The summed E-state index contributed by atoms with van der Waals surface area (Å²) >= 11 is 1.22. The van der Waals surface area contributed by atoms with Gasteiger partial charge in [-0.25, -0.2) is 9.78 Å². The number of ether oxygens (including phenoxy) is 1. The molecule has 1 aliphatic rings. The van der Waals surface area contributed by atoms with Crippen molar-refractivity contribution in [3.8, 4) is 10.7 Å². The zero-order chi connectivity index (χ0) is 19.5. The Morgan fingerprint density at radius 3 is 2.57 bits per heavy atom. The van der Waals surface area contributed by atoms with Crippen LogP contribution in [0.4, 0.5) is 0 Å². The highest BCUT2D eigenvalue weighted by molar-refractivity contribution is 7.17. The molecule has 0 saturated heterocycles. The number of hydrogen-bond acceptors (Lipinski definition) is 6. The number of thiazole rings is 1. The normalized spacial score (nSPS) is 14.3. The van der Waals surface area contributed by atoms with Gasteiger partial charge in [0.15, 0.2) is 0 Å². The number of nitrogens with one attached hydrogen (secondary N) is 1. The van der Waals surface area contributed by atoms with E-state index < -0.39 is 12.1 Å². The fourth-order valence-corrected chi connectivity index (χ4v) is 3.68. The van der Waals surface area contributed by atoms with Gasteiger partial charge in [-0.15, -0.1) is 11.3 Å². The minimum absolute atomic E-state index is 0.179. The fraction of sp³-hybridized carbons (Fsp3) is 0.238. The number of nitrogens with zero attached hydrogens (tertiary/aromatic N) is 2. The Kier molecular flexibility index (Phi) is 5.16. The average molecular weight is 393 g/mol. The molecule has 0 aliphatic heterocycles. The molecule has 28 heavy (non-hydrogen) atoms. The molecule has 1 saturated carbocycles. The highest BCUT2D eigenvalue weighted by Crippen LogP contribution is 2.29. The molecule has 3 aromatic rings. The van der Waals surface area contributed by atoms with Crippen LogP contribution in [0.5, 0.6) is 0 Å². The van der Waals surface area contributed by atoms with Crippen LogP contribution in [0, 0.1) is 6.92 Å². The lowest BCUT2D eigenvalue weighted by Gasteiger charge is -2.17. The van der Waals surface area contributed by atoms with Gasteiger partial charge in [0.25, 0.3) is 5.91 Å². The van der Waals surface area contributed by atoms with Crippen molar-refractivity contribution in [2.45, 2.75) is 31.9 Å². The van der Waals surface area contributed by atoms with Crippen molar-refractivity contribution >= 4 is 23.2 Å². The monoisotopic (exact) mass is 393 g/mol. The second-order valence-electron chi connectivity index (χ2n) is 6.63. The molecule has 2 aromatic heterocycles. The third kappa shape index (κ3) is 4.09. The van der Waals surface area contributed by atoms with Gasteiger partial charge < -0.3 is 10.1 Å². The van der Waals surface area contributed by atoms with Gasteiger partial charge in [0.1, 0.15) is 9.88 Å². The zero-order valence-corrected chi connectivity index (χ0v) is 16.1. The van der Waals surface area contributed by atoms with Crippen molar-refractivity contribution in [2.24, 2.45) is 0 Å². The van der Waals surface area contributed by atoms with Crippen molar-refractivity contribution < 1.29 is 14.3 Å². The Balaban J connectivity index is 1.57. The number of hydrogen-bond donors (Lipinski definition) is 1. The number of aromatic nitrogens is 2. The van der Waals surface area contributed by atoms with Gasteiger partial charge in [0.2, 0.25) is 6.10 Å². The molecule has 1 fully saturated rings. The maximum atomic E-state index is 12.8. The predicted octanol–water partition coefficient (Wildman–Crippen LogP) is 3.69. The van der Waals surface area contributed by atoms with Crippen LogP contribution in [0.3, 0.4) is 0 Å². The van der Waals surface area contributed by atoms with Gasteiger partial charge in [-0.05, 0) is 31.9 Å². The summed E-state index contributed by atoms with van der Waals surface area (Å²) in [6.07, 6.45) is 2.61. The third-order valence-electron chi connectivity index (χ3n) is 4.36. The van der Waals surface area contributed by atoms with E-state index in [1.54, 1.807) is 25.3 Å². The summed E-state index contributed by atoms with van der Waals surface area (Å²) in [5, 5.41) is 3.56. The summed E-state index contributed by atoms with van der Waals surface area (Å²) in [7, 11) is 0. The first kappa shape index (κ1) is 18.3. The second kappa shape index (κ2) is 7.90. The van der Waals surface area contributed by atoms with E-state index in [1.165, 1.54) is 11.3 Å². The van der Waals surface area contributed by atoms with E-state index in [-0.39, 0.29) is 11.9 Å². The van der Waals surface area contributed by atoms with Gasteiger partial charge in [0, 0.05) is 17.8 Å². The van der Waals surface area contributed by atoms with Gasteiger partial charge >= 0.3 is 5.97 Å². The molecule has 142 valence electrons. The summed E-state index contributed by atoms with van der Waals surface area (Å²) < 4.78 is 5.64. The van der Waals surface area contributed by atoms with Gasteiger partial charge in [0.05, 0.1) is 11.4 Å². The van der Waals surface area contributed by atoms with Gasteiger partial charge in [-0.3, -0.25) is 9.78 Å². The number of rotatable bonds is 6. The van der Waals surface area contributed by atoms with Crippen molar-refractivity contribution in [1.82, 2.24) is 15.3 Å². The number of carbonyl (C=O) groups is 2. The lowest BCUT2D eigenvalue weighted by molar-refractivity contribution is -0.130. The van der Waals surface area contributed by atoms with E-state index in [1.807, 2.05) is 36.4 Å². The number of pyridine rings is 1. The SMILES string of the molecule is Cc1nc(-c2ccccn2)sc1C(=O)O[C@@H](C(=O)NC1CC1)c1ccccc1. The molecule has 7 heteroatoms. The van der Waals surface area contributed by atoms with Crippen LogP contribution in [0.25, 0.3) is 10.7 Å². The number of amides is 1. The van der Waals surface area contributed by atoms with Crippen LogP contribution >= 0.6 is 11.3 Å². The maximum absolute atomic E-state index is 12.8. The molecule has 1 aromatic carbocycles. The summed E-state index contributed by atoms with van der Waals surface area (Å²) in [4.78, 5) is 34.6. The average Bonchev–Trinajstić information content (AvgIpc) is 3.45. The van der Waals surface area contributed by atoms with Crippen LogP contribution in [0.15, 0.2) is 54.7 Å². The molecule has 0 spiro atoms. The minimum atomic E-state index is -0.992. The first-order valence-electron chi connectivity index (χ1n) is 9.07. The number of aryl methyl sites for hydroxylation is 1. The topological polar surface area (TPSA) is 81.2 Å². The number of carbonyl (C=O) groups excluding carboxylic acids is 2. The quantitative estimate of drug-likeness (QED) is 0.646. The van der Waals surface area contributed by atoms with Crippen LogP contribution in [0.2, 0.25) is 0 Å². The largest absolute Gasteiger partial charge is 0.443 e. The Morgan fingerprint density at radius 1 is 1.14 bits per heavy atom. The molecule has 1 N–H and O–H groups in total. The van der Waals surface area contributed by atoms with E-state index in [0.29, 0.717) is 26.8 Å². The smallest absolute Gasteiger partial charge is 0.351 e. The Morgan fingerprint density at radius 2 is 1.89 bits per heavy atom. The van der Waals surface area contributed by atoms with Crippen molar-refractivity contribution in [3.63, 3.8) is 0 Å². The van der Waals surface area contributed by atoms with E-state index in [9.17, 15) is 9.59 Å². The minimum Gasteiger partial charge on any atom is -0.443 e. The Hall–Kier alpha value is -3.06. The molecule has 0 bridgehead atoms. The van der Waals surface area contributed by atoms with Gasteiger partial charge in [-0.1, -0.05) is 36.4 Å². The zero-order valence-electron chi connectivity index (χ0n) is 15.3. The molecular weight excluding hydrogens is 374 g/mol. The molecule has 1 aliphatic carbocycles. The van der Waals surface area contributed by atoms with E-state index in [0.717, 1.165) is 12.8 Å². The summed E-state index contributed by atoms with van der Waals surface area (Å²) in [6.45, 7) is 1.75. The first-order valence-corrected chi connectivity index (χ1v) is 9.88. The van der Waals surface area contributed by atoms with Crippen molar-refractivity contribution in [3.05, 3.63) is 70.9 Å². The maximum Gasteiger partial charge on any atom is 0.351 e. The number of esters is 1. The molecular formula is C21H19N3O3S. The molecule has 6 nitrogen and oxygen atoms in total. The van der Waals surface area contributed by atoms with Crippen LogP contribution in [-0.2, 0) is 9.53 Å². The Labute approximate surface area is 166 Å². The van der Waals surface area contributed by atoms with Crippen LogP contribution in [0.1, 0.15) is 39.9 Å². The predicted molar refractivity (Wildman–Crippen MR) is 106 cm³/mol. The highest BCUT2D eigenvalue weighted by atomic mass is 32.1. The highest BCUT2D eigenvalue weighted by Gasteiger charge is 2.32. The second-order valence-corrected chi connectivity index (χ2v) is 7.63. The van der Waals surface area contributed by atoms with Crippen molar-refractivity contribution in [1.29, 1.82) is 0 Å². The standard InChI is InChI=1S/C21H19N3O3S/c1-13-18(28-20(23-13)16-9-5-6-12-22-16)21(26)27-17(14-7-3-2-4-8-14)19(25)24-15-10-11-15/h2-9,12,15,17H,10-11H2,1H3,(H,24,25)/t17-/m1/s1. The van der Waals surface area contributed by atoms with E-state index in [4.69, 9.17) is 4.74 Å². The lowest BCUT2D eigenvalue weighted by atomic mass is 10.1. The first-order chi connectivity index (χ1) is 13.6. The van der Waals surface area contributed by atoms with Crippen LogP contribution < -0.4 is 5.32 Å². The molecule has 0 radical (unpaired) electrons. The van der Waals surface area contributed by atoms with Crippen molar-refractivity contribution in [2.75, 3.05) is 0 Å². The molecule has 1 atom stereocenters. The third-order valence-corrected chi connectivity index (χ3v) is 5.52. The van der Waals surface area contributed by atoms with E-state index in [2.05, 4.69) is 15.3 Å². The molecule has 0 unspecified atom stereocenters. The molecule has 2 heterocycles. The summed E-state index contributed by atoms with van der Waals surface area (Å²) in [6, 6.07) is 14.8. The number of benzene rings is 1. The summed E-state index contributed by atoms with van der Waals surface area (Å²) in [5.41, 5.74) is 1.90. The summed E-state index contributed by atoms with van der Waals surface area (Å²) in [5.74, 6) is -0.855.